The van der Waals surface area contributed by atoms with E-state index in [1.807, 2.05) is 35.9 Å². The molecule has 1 N–H and O–H groups in total. The second-order valence-electron chi connectivity index (χ2n) is 4.63. The van der Waals surface area contributed by atoms with E-state index in [0.717, 1.165) is 17.4 Å². The molecule has 2 rings (SSSR count). The summed E-state index contributed by atoms with van der Waals surface area (Å²) in [6.45, 7) is 5.49. The van der Waals surface area contributed by atoms with Crippen LogP contribution >= 0.6 is 15.9 Å². The van der Waals surface area contributed by atoms with Gasteiger partial charge in [-0.3, -0.25) is 4.79 Å². The van der Waals surface area contributed by atoms with Crippen molar-refractivity contribution in [2.24, 2.45) is 0 Å². The lowest BCUT2D eigenvalue weighted by atomic mass is 10.1. The van der Waals surface area contributed by atoms with Crippen molar-refractivity contribution >= 4 is 21.8 Å². The molecule has 3 nitrogen and oxygen atoms in total. The fourth-order valence-corrected chi connectivity index (χ4v) is 2.73. The van der Waals surface area contributed by atoms with Crippen LogP contribution in [0, 0.1) is 0 Å². The van der Waals surface area contributed by atoms with Crippen molar-refractivity contribution in [2.75, 3.05) is 0 Å². The van der Waals surface area contributed by atoms with Crippen LogP contribution in [0.15, 0.2) is 41.0 Å². The lowest BCUT2D eigenvalue weighted by molar-refractivity contribution is 0.0941. The molecule has 0 aliphatic carbocycles. The Morgan fingerprint density at radius 3 is 2.60 bits per heavy atom. The Labute approximate surface area is 128 Å². The molecule has 0 saturated carbocycles. The van der Waals surface area contributed by atoms with E-state index < -0.39 is 0 Å². The maximum atomic E-state index is 12.3. The molecule has 0 aliphatic rings. The number of halogens is 1. The van der Waals surface area contributed by atoms with Crippen LogP contribution in [0.3, 0.4) is 0 Å². The van der Waals surface area contributed by atoms with Crippen LogP contribution in [-0.2, 0) is 19.5 Å². The Morgan fingerprint density at radius 1 is 1.25 bits per heavy atom. The number of aryl methyl sites for hydroxylation is 2. The zero-order chi connectivity index (χ0) is 14.5. The molecule has 106 valence electrons. The average molecular weight is 335 g/mol. The number of nitrogens with one attached hydrogen (secondary N) is 1. The minimum absolute atomic E-state index is 0.0385. The second-order valence-corrected chi connectivity index (χ2v) is 5.55. The lowest BCUT2D eigenvalue weighted by Gasteiger charge is -2.10. The first-order valence-electron chi connectivity index (χ1n) is 6.86. The molecule has 1 aromatic carbocycles. The summed E-state index contributed by atoms with van der Waals surface area (Å²) in [7, 11) is 0. The number of rotatable bonds is 5. The molecule has 0 spiro atoms. The first kappa shape index (κ1) is 14.9. The third kappa shape index (κ3) is 3.31. The minimum atomic E-state index is -0.0385. The number of hydrogen-bond acceptors (Lipinski definition) is 1. The number of hydrogen-bond donors (Lipinski definition) is 1. The van der Waals surface area contributed by atoms with Crippen molar-refractivity contribution in [3.63, 3.8) is 0 Å². The van der Waals surface area contributed by atoms with Gasteiger partial charge in [0.05, 0.1) is 0 Å². The smallest absolute Gasteiger partial charge is 0.268 e. The average Bonchev–Trinajstić information content (AvgIpc) is 2.86. The maximum absolute atomic E-state index is 12.3. The van der Waals surface area contributed by atoms with Gasteiger partial charge in [0, 0.05) is 23.8 Å². The SMILES string of the molecule is CCc1ccccc1CNC(=O)c1cc(Br)cn1CC. The first-order chi connectivity index (χ1) is 9.65. The highest BCUT2D eigenvalue weighted by molar-refractivity contribution is 9.10. The Kier molecular flexibility index (Phi) is 5.01. The van der Waals surface area contributed by atoms with E-state index in [-0.39, 0.29) is 5.91 Å². The maximum Gasteiger partial charge on any atom is 0.268 e. The number of carbonyl (C=O) groups is 1. The lowest BCUT2D eigenvalue weighted by Crippen LogP contribution is -2.25. The van der Waals surface area contributed by atoms with Gasteiger partial charge in [-0.1, -0.05) is 31.2 Å². The molecule has 20 heavy (non-hydrogen) atoms. The number of nitrogens with zero attached hydrogens (tertiary/aromatic N) is 1. The van der Waals surface area contributed by atoms with Gasteiger partial charge in [-0.15, -0.1) is 0 Å². The predicted molar refractivity (Wildman–Crippen MR) is 84.8 cm³/mol. The summed E-state index contributed by atoms with van der Waals surface area (Å²) in [5.41, 5.74) is 3.14. The van der Waals surface area contributed by atoms with Crippen LogP contribution in [0.25, 0.3) is 0 Å². The normalized spacial score (nSPS) is 10.6. The van der Waals surface area contributed by atoms with E-state index in [2.05, 4.69) is 40.3 Å². The molecule has 0 aliphatic heterocycles. The van der Waals surface area contributed by atoms with E-state index in [1.165, 1.54) is 11.1 Å². The molecule has 0 radical (unpaired) electrons. The topological polar surface area (TPSA) is 34.0 Å². The van der Waals surface area contributed by atoms with Crippen molar-refractivity contribution < 1.29 is 4.79 Å². The van der Waals surface area contributed by atoms with Gasteiger partial charge >= 0.3 is 0 Å². The molecule has 0 bridgehead atoms. The third-order valence-electron chi connectivity index (χ3n) is 3.38. The van der Waals surface area contributed by atoms with E-state index >= 15 is 0 Å². The highest BCUT2D eigenvalue weighted by Crippen LogP contribution is 2.15. The van der Waals surface area contributed by atoms with Gasteiger partial charge in [-0.25, -0.2) is 0 Å². The fraction of sp³-hybridized carbons (Fsp3) is 0.312. The standard InChI is InChI=1S/C16H19BrN2O/c1-3-12-7-5-6-8-13(12)10-18-16(20)15-9-14(17)11-19(15)4-2/h5-9,11H,3-4,10H2,1-2H3,(H,18,20). The van der Waals surface area contributed by atoms with Crippen LogP contribution in [0.2, 0.25) is 0 Å². The molecular weight excluding hydrogens is 316 g/mol. The first-order valence-corrected chi connectivity index (χ1v) is 7.65. The highest BCUT2D eigenvalue weighted by atomic mass is 79.9. The Balaban J connectivity index is 2.08. The van der Waals surface area contributed by atoms with Crippen molar-refractivity contribution in [2.45, 2.75) is 33.4 Å². The molecule has 1 amide bonds. The Bertz CT molecular complexity index is 604. The molecule has 0 unspecified atom stereocenters. The molecule has 1 aromatic heterocycles. The summed E-state index contributed by atoms with van der Waals surface area (Å²) in [4.78, 5) is 12.3. The van der Waals surface area contributed by atoms with Gasteiger partial charge < -0.3 is 9.88 Å². The monoisotopic (exact) mass is 334 g/mol. The summed E-state index contributed by atoms with van der Waals surface area (Å²) in [5.74, 6) is -0.0385. The van der Waals surface area contributed by atoms with E-state index in [1.54, 1.807) is 0 Å². The molecule has 0 fully saturated rings. The summed E-state index contributed by atoms with van der Waals surface area (Å²) in [5, 5.41) is 3.00. The number of carbonyl (C=O) groups excluding carboxylic acids is 1. The fourth-order valence-electron chi connectivity index (χ4n) is 2.27. The predicted octanol–water partition coefficient (Wildman–Crippen LogP) is 3.76. The van der Waals surface area contributed by atoms with Crippen molar-refractivity contribution in [1.82, 2.24) is 9.88 Å². The van der Waals surface area contributed by atoms with Crippen molar-refractivity contribution in [3.8, 4) is 0 Å². The third-order valence-corrected chi connectivity index (χ3v) is 3.81. The largest absolute Gasteiger partial charge is 0.347 e. The van der Waals surface area contributed by atoms with Crippen LogP contribution in [0.1, 0.15) is 35.5 Å². The molecule has 4 heteroatoms. The van der Waals surface area contributed by atoms with Gasteiger partial charge in [0.25, 0.3) is 5.91 Å². The number of aromatic nitrogens is 1. The van der Waals surface area contributed by atoms with Crippen molar-refractivity contribution in [1.29, 1.82) is 0 Å². The Morgan fingerprint density at radius 2 is 1.95 bits per heavy atom. The second kappa shape index (κ2) is 6.75. The van der Waals surface area contributed by atoms with Crippen LogP contribution in [0.4, 0.5) is 0 Å². The molecule has 1 heterocycles. The van der Waals surface area contributed by atoms with E-state index in [0.29, 0.717) is 12.2 Å². The van der Waals surface area contributed by atoms with Crippen LogP contribution < -0.4 is 5.32 Å². The summed E-state index contributed by atoms with van der Waals surface area (Å²) in [6, 6.07) is 10.1. The van der Waals surface area contributed by atoms with Crippen LogP contribution in [-0.4, -0.2) is 10.5 Å². The molecular formula is C16H19BrN2O. The summed E-state index contributed by atoms with van der Waals surface area (Å²) in [6.07, 6.45) is 2.90. The zero-order valence-electron chi connectivity index (χ0n) is 11.8. The van der Waals surface area contributed by atoms with Crippen LogP contribution in [0.5, 0.6) is 0 Å². The van der Waals surface area contributed by atoms with E-state index in [4.69, 9.17) is 0 Å². The molecule has 2 aromatic rings. The number of amides is 1. The van der Waals surface area contributed by atoms with Gasteiger partial charge in [0.2, 0.25) is 0 Å². The van der Waals surface area contributed by atoms with Gasteiger partial charge in [0.15, 0.2) is 0 Å². The van der Waals surface area contributed by atoms with E-state index in [9.17, 15) is 4.79 Å². The quantitative estimate of drug-likeness (QED) is 0.887. The molecule has 0 saturated heterocycles. The van der Waals surface area contributed by atoms with Gasteiger partial charge in [0.1, 0.15) is 5.69 Å². The Hall–Kier alpha value is -1.55. The minimum Gasteiger partial charge on any atom is -0.347 e. The van der Waals surface area contributed by atoms with Gasteiger partial charge in [-0.05, 0) is 46.5 Å². The summed E-state index contributed by atoms with van der Waals surface area (Å²) < 4.78 is 2.86. The zero-order valence-corrected chi connectivity index (χ0v) is 13.4. The summed E-state index contributed by atoms with van der Waals surface area (Å²) >= 11 is 3.41. The van der Waals surface area contributed by atoms with Crippen molar-refractivity contribution in [3.05, 3.63) is 57.8 Å². The molecule has 0 atom stereocenters. The highest BCUT2D eigenvalue weighted by Gasteiger charge is 2.12. The van der Waals surface area contributed by atoms with Gasteiger partial charge in [-0.2, -0.15) is 0 Å². The number of benzene rings is 1.